The highest BCUT2D eigenvalue weighted by molar-refractivity contribution is 5.67. The Morgan fingerprint density at radius 1 is 1.41 bits per heavy atom. The Kier molecular flexibility index (Phi) is 6.66. The molecule has 0 spiro atoms. The van der Waals surface area contributed by atoms with Crippen molar-refractivity contribution in [1.29, 1.82) is 0 Å². The van der Waals surface area contributed by atoms with Crippen molar-refractivity contribution in [2.24, 2.45) is 0 Å². The molecule has 1 aliphatic rings. The summed E-state index contributed by atoms with van der Waals surface area (Å²) in [7, 11) is 0. The fraction of sp³-hybridized carbons (Fsp3) is 0.500. The number of alkyl carbamates (subject to hydrolysis) is 1. The first kappa shape index (κ1) is 13.4. The lowest BCUT2D eigenvalue weighted by atomic mass is 10.2. The Balaban J connectivity index is 2.07. The number of amides is 1. The monoisotopic (exact) mass is 233 g/mol. The highest BCUT2D eigenvalue weighted by Gasteiger charge is 2.02. The van der Waals surface area contributed by atoms with Crippen LogP contribution >= 0.6 is 0 Å². The van der Waals surface area contributed by atoms with Gasteiger partial charge in [0.1, 0.15) is 6.61 Å². The number of hydrogen-bond acceptors (Lipinski definition) is 2. The smallest absolute Gasteiger partial charge is 0.407 e. The molecule has 0 radical (unpaired) electrons. The molecule has 0 saturated heterocycles. The van der Waals surface area contributed by atoms with Gasteiger partial charge in [-0.3, -0.25) is 0 Å². The van der Waals surface area contributed by atoms with E-state index in [9.17, 15) is 4.79 Å². The molecule has 1 rings (SSSR count). The highest BCUT2D eigenvalue weighted by atomic mass is 16.5. The minimum absolute atomic E-state index is 0.248. The van der Waals surface area contributed by atoms with Crippen molar-refractivity contribution in [3.63, 3.8) is 0 Å². The van der Waals surface area contributed by atoms with Gasteiger partial charge in [0.2, 0.25) is 0 Å². The Labute approximate surface area is 103 Å². The molecule has 0 unspecified atom stereocenters. The summed E-state index contributed by atoms with van der Waals surface area (Å²) in [6.45, 7) is 3.09. The van der Waals surface area contributed by atoms with Gasteiger partial charge in [-0.1, -0.05) is 43.7 Å². The molecule has 92 valence electrons. The quantitative estimate of drug-likeness (QED) is 0.542. The zero-order valence-corrected chi connectivity index (χ0v) is 10.3. The van der Waals surface area contributed by atoms with Crippen LogP contribution < -0.4 is 5.32 Å². The van der Waals surface area contributed by atoms with Crippen LogP contribution in [0, 0.1) is 0 Å². The predicted molar refractivity (Wildman–Crippen MR) is 67.7 cm³/mol. The summed E-state index contributed by atoms with van der Waals surface area (Å²) in [5.41, 5.74) is 6.52. The van der Waals surface area contributed by atoms with Crippen LogP contribution in [-0.4, -0.2) is 19.2 Å². The lowest BCUT2D eigenvalue weighted by molar-refractivity contribution is 0.156. The number of ether oxygens (including phenoxy) is 1. The van der Waals surface area contributed by atoms with E-state index < -0.39 is 0 Å². The van der Waals surface area contributed by atoms with Crippen molar-refractivity contribution in [2.75, 3.05) is 13.2 Å². The van der Waals surface area contributed by atoms with Gasteiger partial charge >= 0.3 is 6.09 Å². The van der Waals surface area contributed by atoms with Gasteiger partial charge in [-0.25, -0.2) is 4.79 Å². The molecule has 1 amide bonds. The van der Waals surface area contributed by atoms with E-state index in [-0.39, 0.29) is 12.7 Å². The molecule has 0 saturated carbocycles. The van der Waals surface area contributed by atoms with E-state index in [0.717, 1.165) is 18.4 Å². The van der Waals surface area contributed by atoms with Crippen LogP contribution in [0.15, 0.2) is 35.3 Å². The maximum absolute atomic E-state index is 11.3. The summed E-state index contributed by atoms with van der Waals surface area (Å²) < 4.78 is 5.03. The molecular formula is C14H19NO2. The molecule has 1 N–H and O–H groups in total. The van der Waals surface area contributed by atoms with E-state index in [1.165, 1.54) is 12.8 Å². The van der Waals surface area contributed by atoms with Crippen molar-refractivity contribution in [3.05, 3.63) is 35.3 Å². The molecule has 3 nitrogen and oxygen atoms in total. The molecule has 0 fully saturated rings. The van der Waals surface area contributed by atoms with Gasteiger partial charge in [0.05, 0.1) is 0 Å². The predicted octanol–water partition coefficient (Wildman–Crippen LogP) is 3.10. The van der Waals surface area contributed by atoms with E-state index in [0.29, 0.717) is 6.54 Å². The number of carbonyl (C=O) groups is 1. The summed E-state index contributed by atoms with van der Waals surface area (Å²) >= 11 is 0. The summed E-state index contributed by atoms with van der Waals surface area (Å²) in [5, 5.41) is 2.73. The Hall–Kier alpha value is -1.69. The second kappa shape index (κ2) is 8.46. The molecule has 0 bridgehead atoms. The van der Waals surface area contributed by atoms with Crippen LogP contribution in [0.2, 0.25) is 0 Å². The minimum Gasteiger partial charge on any atom is -0.444 e. The molecule has 0 aromatic rings. The first-order valence-electron chi connectivity index (χ1n) is 6.11. The van der Waals surface area contributed by atoms with Gasteiger partial charge in [-0.2, -0.15) is 0 Å². The number of unbranched alkanes of at least 4 members (excludes halogenated alkanes) is 3. The van der Waals surface area contributed by atoms with Crippen LogP contribution in [0.3, 0.4) is 0 Å². The Morgan fingerprint density at radius 3 is 3.00 bits per heavy atom. The van der Waals surface area contributed by atoms with E-state index in [1.54, 1.807) is 6.08 Å². The molecule has 0 aromatic heterocycles. The summed E-state index contributed by atoms with van der Waals surface area (Å²) in [6.07, 6.45) is 9.67. The van der Waals surface area contributed by atoms with Crippen LogP contribution in [0.25, 0.3) is 0 Å². The van der Waals surface area contributed by atoms with E-state index in [2.05, 4.69) is 23.7 Å². The Bertz CT molecular complexity index is 370. The zero-order chi connectivity index (χ0) is 12.3. The molecule has 0 heterocycles. The van der Waals surface area contributed by atoms with Gasteiger partial charge in [-0.05, 0) is 18.6 Å². The summed E-state index contributed by atoms with van der Waals surface area (Å²) in [6, 6.07) is 0. The van der Waals surface area contributed by atoms with Crippen molar-refractivity contribution < 1.29 is 9.53 Å². The average Bonchev–Trinajstić information content (AvgIpc) is 2.37. The number of carbonyl (C=O) groups excluding carboxylic acids is 1. The minimum atomic E-state index is -0.362. The van der Waals surface area contributed by atoms with Gasteiger partial charge in [0.15, 0.2) is 0 Å². The number of nitrogens with one attached hydrogen (secondary N) is 1. The topological polar surface area (TPSA) is 38.3 Å². The van der Waals surface area contributed by atoms with E-state index >= 15 is 0 Å². The molecule has 3 heteroatoms. The van der Waals surface area contributed by atoms with Gasteiger partial charge < -0.3 is 10.1 Å². The second-order valence-corrected chi connectivity index (χ2v) is 3.88. The van der Waals surface area contributed by atoms with Gasteiger partial charge in [0, 0.05) is 12.1 Å². The standard InChI is InChI=1S/C14H19NO2/c1-2-3-4-8-11-15-14(16)17-12-13-9-6-5-7-10-13/h5-6,9H,2-4,8,11-12H2,1H3,(H,15,16). The van der Waals surface area contributed by atoms with Crippen molar-refractivity contribution in [3.8, 4) is 0 Å². The van der Waals surface area contributed by atoms with Crippen LogP contribution in [0.1, 0.15) is 32.6 Å². The molecular weight excluding hydrogens is 214 g/mol. The first-order valence-corrected chi connectivity index (χ1v) is 6.11. The highest BCUT2D eigenvalue weighted by Crippen LogP contribution is 2.00. The van der Waals surface area contributed by atoms with Gasteiger partial charge in [-0.15, -0.1) is 0 Å². The molecule has 0 atom stereocenters. The first-order chi connectivity index (χ1) is 8.33. The van der Waals surface area contributed by atoms with E-state index in [1.807, 2.05) is 12.2 Å². The van der Waals surface area contributed by atoms with Crippen molar-refractivity contribution in [1.82, 2.24) is 5.32 Å². The normalized spacial score (nSPS) is 12.4. The van der Waals surface area contributed by atoms with Crippen molar-refractivity contribution in [2.45, 2.75) is 32.6 Å². The largest absolute Gasteiger partial charge is 0.444 e. The third kappa shape index (κ3) is 6.47. The fourth-order valence-electron chi connectivity index (χ4n) is 1.41. The maximum atomic E-state index is 11.3. The van der Waals surface area contributed by atoms with Crippen molar-refractivity contribution >= 4 is 6.09 Å². The lowest BCUT2D eigenvalue weighted by Crippen LogP contribution is -2.25. The maximum Gasteiger partial charge on any atom is 0.407 e. The summed E-state index contributed by atoms with van der Waals surface area (Å²) in [5.74, 6) is 0. The number of hydrogen-bond donors (Lipinski definition) is 1. The Morgan fingerprint density at radius 2 is 2.29 bits per heavy atom. The third-order valence-corrected chi connectivity index (χ3v) is 2.37. The molecule has 0 aliphatic heterocycles. The average molecular weight is 233 g/mol. The number of allylic oxidation sites excluding steroid dienone is 2. The molecule has 17 heavy (non-hydrogen) atoms. The fourth-order valence-corrected chi connectivity index (χ4v) is 1.41. The van der Waals surface area contributed by atoms with Crippen LogP contribution in [0.4, 0.5) is 4.79 Å². The van der Waals surface area contributed by atoms with Gasteiger partial charge in [0.25, 0.3) is 0 Å². The third-order valence-electron chi connectivity index (χ3n) is 2.37. The molecule has 1 aliphatic carbocycles. The second-order valence-electron chi connectivity index (χ2n) is 3.88. The molecule has 0 aromatic carbocycles. The lowest BCUT2D eigenvalue weighted by Gasteiger charge is -2.06. The van der Waals surface area contributed by atoms with E-state index in [4.69, 9.17) is 4.74 Å². The summed E-state index contributed by atoms with van der Waals surface area (Å²) in [4.78, 5) is 11.3. The zero-order valence-electron chi connectivity index (χ0n) is 10.3. The van der Waals surface area contributed by atoms with Crippen LogP contribution in [-0.2, 0) is 4.74 Å². The number of rotatable bonds is 7. The van der Waals surface area contributed by atoms with Crippen LogP contribution in [0.5, 0.6) is 0 Å². The SMILES string of the molecule is CCCCCCNC(=O)OCC1=C=C=CC=C1.